The number of aromatic nitrogens is 1. The van der Waals surface area contributed by atoms with Gasteiger partial charge < -0.3 is 23.9 Å². The van der Waals surface area contributed by atoms with Crippen LogP contribution in [0.2, 0.25) is 0 Å². The van der Waals surface area contributed by atoms with Crippen LogP contribution in [0.15, 0.2) is 41.1 Å². The van der Waals surface area contributed by atoms with Crippen LogP contribution >= 0.6 is 0 Å². The number of hydrogen-bond acceptors (Lipinski definition) is 6. The molecular formula is C19H22N4O4. The Kier molecular flexibility index (Phi) is 5.06. The second-order valence-corrected chi connectivity index (χ2v) is 6.54. The number of amides is 2. The van der Waals surface area contributed by atoms with E-state index >= 15 is 0 Å². The van der Waals surface area contributed by atoms with E-state index in [-0.39, 0.29) is 11.8 Å². The quantitative estimate of drug-likeness (QED) is 0.805. The van der Waals surface area contributed by atoms with Gasteiger partial charge in [0.25, 0.3) is 11.8 Å². The minimum Gasteiger partial charge on any atom is -0.459 e. The SMILES string of the molecule is O=C(c1ccco1)N1CCN(c2ncccc2C(=O)N2CCOCC2)CC1. The van der Waals surface area contributed by atoms with E-state index in [4.69, 9.17) is 9.15 Å². The van der Waals surface area contributed by atoms with Crippen LogP contribution < -0.4 is 4.90 Å². The first-order valence-electron chi connectivity index (χ1n) is 9.14. The van der Waals surface area contributed by atoms with Gasteiger partial charge >= 0.3 is 0 Å². The summed E-state index contributed by atoms with van der Waals surface area (Å²) in [5, 5.41) is 0. The number of carbonyl (C=O) groups is 2. The fourth-order valence-electron chi connectivity index (χ4n) is 3.43. The maximum absolute atomic E-state index is 12.9. The van der Waals surface area contributed by atoms with Crippen LogP contribution in [0.3, 0.4) is 0 Å². The van der Waals surface area contributed by atoms with Gasteiger partial charge in [0.1, 0.15) is 5.82 Å². The lowest BCUT2D eigenvalue weighted by Crippen LogP contribution is -2.49. The van der Waals surface area contributed by atoms with Gasteiger partial charge in [-0.05, 0) is 24.3 Å². The molecule has 0 atom stereocenters. The highest BCUT2D eigenvalue weighted by Crippen LogP contribution is 2.22. The average molecular weight is 370 g/mol. The lowest BCUT2D eigenvalue weighted by atomic mass is 10.2. The minimum atomic E-state index is -0.106. The molecule has 2 amide bonds. The Morgan fingerprint density at radius 3 is 2.33 bits per heavy atom. The van der Waals surface area contributed by atoms with E-state index < -0.39 is 0 Å². The third kappa shape index (κ3) is 3.66. The molecule has 8 heteroatoms. The molecule has 0 N–H and O–H groups in total. The molecule has 2 saturated heterocycles. The third-order valence-electron chi connectivity index (χ3n) is 4.91. The first-order chi connectivity index (χ1) is 13.2. The molecule has 2 fully saturated rings. The Morgan fingerprint density at radius 2 is 1.63 bits per heavy atom. The molecular weight excluding hydrogens is 348 g/mol. The lowest BCUT2D eigenvalue weighted by Gasteiger charge is -2.36. The van der Waals surface area contributed by atoms with Crippen LogP contribution in [0.5, 0.6) is 0 Å². The van der Waals surface area contributed by atoms with Crippen molar-refractivity contribution in [2.45, 2.75) is 0 Å². The summed E-state index contributed by atoms with van der Waals surface area (Å²) in [6.07, 6.45) is 3.20. The van der Waals surface area contributed by atoms with Gasteiger partial charge in [-0.25, -0.2) is 4.98 Å². The van der Waals surface area contributed by atoms with Crippen LogP contribution in [0.25, 0.3) is 0 Å². The van der Waals surface area contributed by atoms with E-state index in [2.05, 4.69) is 9.88 Å². The van der Waals surface area contributed by atoms with Crippen LogP contribution in [-0.2, 0) is 4.74 Å². The Balaban J connectivity index is 1.45. The van der Waals surface area contributed by atoms with E-state index in [0.29, 0.717) is 69.6 Å². The van der Waals surface area contributed by atoms with Crippen molar-refractivity contribution in [3.8, 4) is 0 Å². The molecule has 0 aromatic carbocycles. The summed E-state index contributed by atoms with van der Waals surface area (Å²) in [4.78, 5) is 35.4. The second kappa shape index (κ2) is 7.79. The standard InChI is InChI=1S/C19H22N4O4/c24-18(23-10-13-26-14-11-23)15-3-1-5-20-17(15)21-6-8-22(9-7-21)19(25)16-4-2-12-27-16/h1-5,12H,6-11,13-14H2. The van der Waals surface area contributed by atoms with Gasteiger partial charge in [0.2, 0.25) is 0 Å². The predicted octanol–water partition coefficient (Wildman–Crippen LogP) is 1.11. The van der Waals surface area contributed by atoms with Gasteiger partial charge in [-0.15, -0.1) is 0 Å². The highest BCUT2D eigenvalue weighted by molar-refractivity contribution is 5.99. The van der Waals surface area contributed by atoms with Crippen molar-refractivity contribution in [1.82, 2.24) is 14.8 Å². The second-order valence-electron chi connectivity index (χ2n) is 6.54. The zero-order valence-electron chi connectivity index (χ0n) is 15.0. The van der Waals surface area contributed by atoms with Crippen LogP contribution in [0.4, 0.5) is 5.82 Å². The molecule has 2 aliphatic heterocycles. The topological polar surface area (TPSA) is 79.1 Å². The molecule has 4 heterocycles. The third-order valence-corrected chi connectivity index (χ3v) is 4.91. The summed E-state index contributed by atoms with van der Waals surface area (Å²) in [6, 6.07) is 6.99. The molecule has 8 nitrogen and oxygen atoms in total. The van der Waals surface area contributed by atoms with Crippen LogP contribution in [0, 0.1) is 0 Å². The molecule has 4 rings (SSSR count). The number of nitrogens with zero attached hydrogens (tertiary/aromatic N) is 4. The van der Waals surface area contributed by atoms with Crippen molar-refractivity contribution >= 4 is 17.6 Å². The molecule has 2 aromatic heterocycles. The van der Waals surface area contributed by atoms with Crippen molar-refractivity contribution in [3.05, 3.63) is 48.0 Å². The van der Waals surface area contributed by atoms with Crippen LogP contribution in [0.1, 0.15) is 20.9 Å². The van der Waals surface area contributed by atoms with E-state index in [1.807, 2.05) is 6.07 Å². The van der Waals surface area contributed by atoms with Crippen molar-refractivity contribution < 1.29 is 18.7 Å². The zero-order valence-corrected chi connectivity index (χ0v) is 15.0. The molecule has 0 aliphatic carbocycles. The minimum absolute atomic E-state index is 0.0181. The first-order valence-corrected chi connectivity index (χ1v) is 9.14. The summed E-state index contributed by atoms with van der Waals surface area (Å²) in [5.41, 5.74) is 0.602. The number of anilines is 1. The normalized spacial score (nSPS) is 17.9. The highest BCUT2D eigenvalue weighted by atomic mass is 16.5. The number of carbonyl (C=O) groups excluding carboxylic acids is 2. The number of morpholine rings is 1. The smallest absolute Gasteiger partial charge is 0.289 e. The van der Waals surface area contributed by atoms with E-state index in [9.17, 15) is 9.59 Å². The fraction of sp³-hybridized carbons (Fsp3) is 0.421. The highest BCUT2D eigenvalue weighted by Gasteiger charge is 2.28. The summed E-state index contributed by atoms with van der Waals surface area (Å²) in [6.45, 7) is 4.67. The van der Waals surface area contributed by atoms with Crippen molar-refractivity contribution in [2.24, 2.45) is 0 Å². The summed E-state index contributed by atoms with van der Waals surface area (Å²) in [5.74, 6) is 0.907. The van der Waals surface area contributed by atoms with Crippen molar-refractivity contribution in [1.29, 1.82) is 0 Å². The maximum Gasteiger partial charge on any atom is 0.289 e. The number of furan rings is 1. The molecule has 0 bridgehead atoms. The van der Waals surface area contributed by atoms with Gasteiger partial charge in [-0.1, -0.05) is 0 Å². The van der Waals surface area contributed by atoms with E-state index in [0.717, 1.165) is 0 Å². The average Bonchev–Trinajstić information content (AvgIpc) is 3.28. The molecule has 0 saturated carbocycles. The van der Waals surface area contributed by atoms with Crippen molar-refractivity contribution in [2.75, 3.05) is 57.4 Å². The Hall–Kier alpha value is -2.87. The summed E-state index contributed by atoms with van der Waals surface area (Å²) < 4.78 is 10.5. The molecule has 27 heavy (non-hydrogen) atoms. The molecule has 142 valence electrons. The Bertz CT molecular complexity index is 794. The van der Waals surface area contributed by atoms with E-state index in [1.54, 1.807) is 34.2 Å². The predicted molar refractivity (Wildman–Crippen MR) is 97.8 cm³/mol. The monoisotopic (exact) mass is 370 g/mol. The fourth-order valence-corrected chi connectivity index (χ4v) is 3.43. The van der Waals surface area contributed by atoms with Gasteiger partial charge in [0.15, 0.2) is 5.76 Å². The van der Waals surface area contributed by atoms with Crippen LogP contribution in [-0.4, -0.2) is 79.1 Å². The molecule has 2 aromatic rings. The first kappa shape index (κ1) is 17.5. The maximum atomic E-state index is 12.9. The molecule has 0 spiro atoms. The van der Waals surface area contributed by atoms with Gasteiger partial charge in [-0.2, -0.15) is 0 Å². The summed E-state index contributed by atoms with van der Waals surface area (Å²) >= 11 is 0. The number of piperazine rings is 1. The Labute approximate surface area is 157 Å². The Morgan fingerprint density at radius 1 is 0.889 bits per heavy atom. The number of hydrogen-bond donors (Lipinski definition) is 0. The number of pyridine rings is 1. The zero-order chi connectivity index (χ0) is 18.6. The molecule has 0 unspecified atom stereocenters. The number of ether oxygens (including phenoxy) is 1. The van der Waals surface area contributed by atoms with E-state index in [1.165, 1.54) is 6.26 Å². The number of rotatable bonds is 3. The molecule has 2 aliphatic rings. The van der Waals surface area contributed by atoms with Gasteiger partial charge in [-0.3, -0.25) is 9.59 Å². The molecule has 0 radical (unpaired) electrons. The van der Waals surface area contributed by atoms with Crippen molar-refractivity contribution in [3.63, 3.8) is 0 Å². The van der Waals surface area contributed by atoms with Gasteiger partial charge in [0.05, 0.1) is 25.0 Å². The lowest BCUT2D eigenvalue weighted by molar-refractivity contribution is 0.0303. The van der Waals surface area contributed by atoms with Gasteiger partial charge in [0, 0.05) is 45.5 Å². The summed E-state index contributed by atoms with van der Waals surface area (Å²) in [7, 11) is 0. The largest absolute Gasteiger partial charge is 0.459 e.